The van der Waals surface area contributed by atoms with E-state index in [1.165, 1.54) is 0 Å². The molecule has 4 heteroatoms. The molecule has 1 unspecified atom stereocenters. The Morgan fingerprint density at radius 1 is 1.40 bits per heavy atom. The molecule has 1 saturated heterocycles. The molecule has 1 fully saturated rings. The molecule has 1 aromatic rings. The number of anilines is 1. The molecule has 1 aromatic carbocycles. The Labute approximate surface area is 121 Å². The van der Waals surface area contributed by atoms with Gasteiger partial charge in [-0.2, -0.15) is 0 Å². The number of nitrogens with zero attached hydrogens (tertiary/aromatic N) is 1. The first-order chi connectivity index (χ1) is 9.77. The van der Waals surface area contributed by atoms with E-state index in [2.05, 4.69) is 19.2 Å². The van der Waals surface area contributed by atoms with Crippen molar-refractivity contribution >= 4 is 11.6 Å². The van der Waals surface area contributed by atoms with Crippen LogP contribution in [0.15, 0.2) is 24.3 Å². The van der Waals surface area contributed by atoms with Crippen LogP contribution in [0.3, 0.4) is 0 Å². The van der Waals surface area contributed by atoms with Crippen molar-refractivity contribution in [2.45, 2.75) is 32.7 Å². The van der Waals surface area contributed by atoms with Crippen LogP contribution in [0.4, 0.5) is 5.69 Å². The van der Waals surface area contributed by atoms with Crippen LogP contribution in [0.2, 0.25) is 0 Å². The number of nitrogens with one attached hydrogen (secondary N) is 1. The number of amides is 1. The van der Waals surface area contributed by atoms with Gasteiger partial charge in [0.05, 0.1) is 24.8 Å². The van der Waals surface area contributed by atoms with E-state index >= 15 is 0 Å². The van der Waals surface area contributed by atoms with Gasteiger partial charge in [-0.3, -0.25) is 4.79 Å². The summed E-state index contributed by atoms with van der Waals surface area (Å²) in [6.07, 6.45) is 1.97. The van der Waals surface area contributed by atoms with Crippen molar-refractivity contribution in [1.82, 2.24) is 4.90 Å². The molecule has 0 bridgehead atoms. The minimum Gasteiger partial charge on any atom is -0.384 e. The van der Waals surface area contributed by atoms with Gasteiger partial charge in [0.2, 0.25) is 0 Å². The maximum absolute atomic E-state index is 12.8. The highest BCUT2D eigenvalue weighted by Gasteiger charge is 2.27. The van der Waals surface area contributed by atoms with Crippen LogP contribution < -0.4 is 5.32 Å². The summed E-state index contributed by atoms with van der Waals surface area (Å²) in [7, 11) is 0. The van der Waals surface area contributed by atoms with Crippen molar-refractivity contribution in [3.8, 4) is 0 Å². The van der Waals surface area contributed by atoms with Gasteiger partial charge < -0.3 is 15.0 Å². The lowest BCUT2D eigenvalue weighted by molar-refractivity contribution is -0.00274. The predicted molar refractivity (Wildman–Crippen MR) is 81.2 cm³/mol. The van der Waals surface area contributed by atoms with Gasteiger partial charge in [0.1, 0.15) is 0 Å². The number of morpholine rings is 1. The summed E-state index contributed by atoms with van der Waals surface area (Å²) >= 11 is 0. The highest BCUT2D eigenvalue weighted by atomic mass is 16.5. The molecule has 2 rings (SSSR count). The Kier molecular flexibility index (Phi) is 5.41. The zero-order valence-corrected chi connectivity index (χ0v) is 12.4. The van der Waals surface area contributed by atoms with Crippen molar-refractivity contribution < 1.29 is 9.53 Å². The van der Waals surface area contributed by atoms with Gasteiger partial charge in [-0.05, 0) is 25.0 Å². The van der Waals surface area contributed by atoms with Crippen LogP contribution in [0.1, 0.15) is 37.0 Å². The third-order valence-electron chi connectivity index (χ3n) is 3.68. The largest absolute Gasteiger partial charge is 0.384 e. The molecule has 0 radical (unpaired) electrons. The van der Waals surface area contributed by atoms with Crippen LogP contribution >= 0.6 is 0 Å². The molecule has 0 spiro atoms. The summed E-state index contributed by atoms with van der Waals surface area (Å²) in [5.41, 5.74) is 1.70. The summed E-state index contributed by atoms with van der Waals surface area (Å²) in [6.45, 7) is 7.05. The molecule has 20 heavy (non-hydrogen) atoms. The van der Waals surface area contributed by atoms with Crippen LogP contribution in [0.5, 0.6) is 0 Å². The first-order valence-corrected chi connectivity index (χ1v) is 7.49. The molecule has 0 aliphatic carbocycles. The fraction of sp³-hybridized carbons (Fsp3) is 0.562. The summed E-state index contributed by atoms with van der Waals surface area (Å²) < 4.78 is 5.47. The second kappa shape index (κ2) is 7.29. The lowest BCUT2D eigenvalue weighted by Crippen LogP contribution is -2.48. The summed E-state index contributed by atoms with van der Waals surface area (Å²) in [4.78, 5) is 14.7. The molecular weight excluding hydrogens is 252 g/mol. The lowest BCUT2D eigenvalue weighted by atomic mass is 10.1. The van der Waals surface area contributed by atoms with Gasteiger partial charge in [-0.1, -0.05) is 26.0 Å². The number of ether oxygens (including phenoxy) is 1. The van der Waals surface area contributed by atoms with Crippen LogP contribution in [-0.4, -0.2) is 43.2 Å². The Morgan fingerprint density at radius 2 is 2.20 bits per heavy atom. The lowest BCUT2D eigenvalue weighted by Gasteiger charge is -2.35. The molecular formula is C16H24N2O2. The van der Waals surface area contributed by atoms with Crippen molar-refractivity contribution in [2.24, 2.45) is 0 Å². The summed E-state index contributed by atoms with van der Waals surface area (Å²) in [5.74, 6) is 0.111. The number of hydrogen-bond acceptors (Lipinski definition) is 3. The average Bonchev–Trinajstić information content (AvgIpc) is 2.52. The topological polar surface area (TPSA) is 41.6 Å². The van der Waals surface area contributed by atoms with Gasteiger partial charge in [0, 0.05) is 18.8 Å². The number of para-hydroxylation sites is 1. The van der Waals surface area contributed by atoms with E-state index in [-0.39, 0.29) is 11.9 Å². The van der Waals surface area contributed by atoms with Crippen LogP contribution in [-0.2, 0) is 4.74 Å². The normalized spacial score (nSPS) is 18.9. The van der Waals surface area contributed by atoms with E-state index < -0.39 is 0 Å². The van der Waals surface area contributed by atoms with Gasteiger partial charge in [-0.25, -0.2) is 0 Å². The molecule has 4 nitrogen and oxygen atoms in total. The van der Waals surface area contributed by atoms with Crippen molar-refractivity contribution in [1.29, 1.82) is 0 Å². The number of carbonyl (C=O) groups is 1. The SMILES string of the molecule is CCCNc1ccccc1C(=O)N1CCOCC1CC. The zero-order chi connectivity index (χ0) is 14.4. The third-order valence-corrected chi connectivity index (χ3v) is 3.68. The van der Waals surface area contributed by atoms with E-state index in [1.54, 1.807) is 0 Å². The van der Waals surface area contributed by atoms with Crippen molar-refractivity contribution in [3.05, 3.63) is 29.8 Å². The smallest absolute Gasteiger partial charge is 0.256 e. The maximum atomic E-state index is 12.8. The second-order valence-electron chi connectivity index (χ2n) is 5.11. The minimum absolute atomic E-state index is 0.111. The van der Waals surface area contributed by atoms with Crippen LogP contribution in [0, 0.1) is 0 Å². The number of hydrogen-bond donors (Lipinski definition) is 1. The molecule has 1 heterocycles. The molecule has 1 atom stereocenters. The Hall–Kier alpha value is -1.55. The Bertz CT molecular complexity index is 448. The average molecular weight is 276 g/mol. The molecule has 1 N–H and O–H groups in total. The molecule has 0 saturated carbocycles. The minimum atomic E-state index is 0.111. The highest BCUT2D eigenvalue weighted by Crippen LogP contribution is 2.21. The van der Waals surface area contributed by atoms with Gasteiger partial charge in [-0.15, -0.1) is 0 Å². The van der Waals surface area contributed by atoms with Gasteiger partial charge in [0.25, 0.3) is 5.91 Å². The zero-order valence-electron chi connectivity index (χ0n) is 12.4. The molecule has 0 aromatic heterocycles. The number of rotatable bonds is 5. The number of benzene rings is 1. The standard InChI is InChI=1S/C16H24N2O2/c1-3-9-17-15-8-6-5-7-14(15)16(19)18-10-11-20-12-13(18)4-2/h5-8,13,17H,3-4,9-12H2,1-2H3. The van der Waals surface area contributed by atoms with E-state index in [0.717, 1.165) is 30.6 Å². The highest BCUT2D eigenvalue weighted by molar-refractivity contribution is 5.99. The van der Waals surface area contributed by atoms with E-state index in [9.17, 15) is 4.79 Å². The summed E-state index contributed by atoms with van der Waals surface area (Å²) in [6, 6.07) is 7.96. The Balaban J connectivity index is 2.19. The van der Waals surface area contributed by atoms with E-state index in [0.29, 0.717) is 19.8 Å². The fourth-order valence-corrected chi connectivity index (χ4v) is 2.50. The van der Waals surface area contributed by atoms with Crippen LogP contribution in [0.25, 0.3) is 0 Å². The number of carbonyl (C=O) groups excluding carboxylic acids is 1. The Morgan fingerprint density at radius 3 is 2.95 bits per heavy atom. The summed E-state index contributed by atoms with van der Waals surface area (Å²) in [5, 5.41) is 3.34. The monoisotopic (exact) mass is 276 g/mol. The van der Waals surface area contributed by atoms with Crippen molar-refractivity contribution in [3.63, 3.8) is 0 Å². The second-order valence-corrected chi connectivity index (χ2v) is 5.11. The maximum Gasteiger partial charge on any atom is 0.256 e. The third kappa shape index (κ3) is 3.31. The molecule has 1 aliphatic rings. The van der Waals surface area contributed by atoms with Gasteiger partial charge in [0.15, 0.2) is 0 Å². The van der Waals surface area contributed by atoms with Gasteiger partial charge >= 0.3 is 0 Å². The molecule has 1 aliphatic heterocycles. The molecule has 110 valence electrons. The fourth-order valence-electron chi connectivity index (χ4n) is 2.50. The van der Waals surface area contributed by atoms with E-state index in [1.807, 2.05) is 29.2 Å². The quantitative estimate of drug-likeness (QED) is 0.899. The first-order valence-electron chi connectivity index (χ1n) is 7.49. The predicted octanol–water partition coefficient (Wildman–Crippen LogP) is 2.76. The molecule has 1 amide bonds. The van der Waals surface area contributed by atoms with E-state index in [4.69, 9.17) is 4.74 Å². The first kappa shape index (κ1) is 14.9. The van der Waals surface area contributed by atoms with Crippen molar-refractivity contribution in [2.75, 3.05) is 31.6 Å².